The molecule has 0 atom stereocenters. The highest BCUT2D eigenvalue weighted by Gasteiger charge is 2.20. The van der Waals surface area contributed by atoms with E-state index in [0.29, 0.717) is 0 Å². The second-order valence-corrected chi connectivity index (χ2v) is 5.77. The number of carbonyl (C=O) groups is 1. The first-order chi connectivity index (χ1) is 8.70. The van der Waals surface area contributed by atoms with E-state index in [2.05, 4.69) is 0 Å². The van der Waals surface area contributed by atoms with Gasteiger partial charge in [0.1, 0.15) is 11.4 Å². The van der Waals surface area contributed by atoms with E-state index in [9.17, 15) is 9.90 Å². The fourth-order valence-corrected chi connectivity index (χ4v) is 2.12. The van der Waals surface area contributed by atoms with Crippen molar-refractivity contribution in [3.8, 4) is 5.75 Å². The van der Waals surface area contributed by atoms with Gasteiger partial charge in [0.05, 0.1) is 5.52 Å². The molecule has 0 saturated carbocycles. The fourth-order valence-electron chi connectivity index (χ4n) is 2.12. The smallest absolute Gasteiger partial charge is 0.419 e. The minimum Gasteiger partial charge on any atom is -0.508 e. The average molecular weight is 261 g/mol. The number of aromatic hydroxyl groups is 1. The molecule has 0 unspecified atom stereocenters. The molecule has 0 spiro atoms. The number of nitrogens with zero attached hydrogens (tertiary/aromatic N) is 1. The van der Waals surface area contributed by atoms with E-state index in [1.807, 2.05) is 40.7 Å². The van der Waals surface area contributed by atoms with Crippen LogP contribution in [0.2, 0.25) is 0 Å². The second-order valence-electron chi connectivity index (χ2n) is 5.77. The van der Waals surface area contributed by atoms with Gasteiger partial charge in [0.15, 0.2) is 0 Å². The summed E-state index contributed by atoms with van der Waals surface area (Å²) < 4.78 is 6.87. The lowest BCUT2D eigenvalue weighted by Gasteiger charge is -2.20. The molecule has 0 aliphatic rings. The van der Waals surface area contributed by atoms with E-state index < -0.39 is 11.7 Å². The lowest BCUT2D eigenvalue weighted by atomic mass is 10.1. The van der Waals surface area contributed by atoms with Crippen molar-refractivity contribution >= 4 is 17.0 Å². The zero-order chi connectivity index (χ0) is 14.4. The molecule has 4 heteroatoms. The van der Waals surface area contributed by atoms with Gasteiger partial charge in [0.2, 0.25) is 0 Å². The minimum absolute atomic E-state index is 0.243. The number of rotatable bonds is 0. The van der Waals surface area contributed by atoms with Crippen molar-refractivity contribution in [1.29, 1.82) is 0 Å². The Labute approximate surface area is 112 Å². The predicted molar refractivity (Wildman–Crippen MR) is 74.7 cm³/mol. The van der Waals surface area contributed by atoms with Crippen LogP contribution in [0.1, 0.15) is 31.9 Å². The summed E-state index contributed by atoms with van der Waals surface area (Å²) in [5.74, 6) is 0.243. The summed E-state index contributed by atoms with van der Waals surface area (Å²) in [6.45, 7) is 9.19. The molecule has 0 aliphatic heterocycles. The Balaban J connectivity index is 2.58. The van der Waals surface area contributed by atoms with Crippen LogP contribution in [0, 0.1) is 13.8 Å². The Bertz CT molecular complexity index is 647. The number of phenols is 1. The third-order valence-electron chi connectivity index (χ3n) is 2.99. The third-order valence-corrected chi connectivity index (χ3v) is 2.99. The Morgan fingerprint density at radius 2 is 1.95 bits per heavy atom. The number of carbonyl (C=O) groups excluding carboxylic acids is 1. The van der Waals surface area contributed by atoms with Crippen LogP contribution < -0.4 is 0 Å². The van der Waals surface area contributed by atoms with Gasteiger partial charge in [-0.15, -0.1) is 0 Å². The minimum atomic E-state index is -0.534. The van der Waals surface area contributed by atoms with E-state index in [0.717, 1.165) is 22.0 Å². The molecule has 4 nitrogen and oxygen atoms in total. The molecule has 1 aromatic carbocycles. The largest absolute Gasteiger partial charge is 0.508 e. The van der Waals surface area contributed by atoms with Crippen molar-refractivity contribution in [3.05, 3.63) is 29.5 Å². The molecule has 0 bridgehead atoms. The van der Waals surface area contributed by atoms with Gasteiger partial charge in [-0.3, -0.25) is 4.57 Å². The summed E-state index contributed by atoms with van der Waals surface area (Å²) in [6.07, 6.45) is 1.27. The Hall–Kier alpha value is -1.97. The molecule has 1 aromatic heterocycles. The topological polar surface area (TPSA) is 51.5 Å². The van der Waals surface area contributed by atoms with Crippen LogP contribution in [0.4, 0.5) is 4.79 Å². The molecule has 1 heterocycles. The van der Waals surface area contributed by atoms with E-state index in [1.165, 1.54) is 4.57 Å². The standard InChI is InChI=1S/C15H19NO3/c1-9-8-12(17)10(2)11-6-7-16(13(9)11)14(18)19-15(3,4)5/h6-8,17H,1-5H3. The van der Waals surface area contributed by atoms with Gasteiger partial charge in [0.25, 0.3) is 0 Å². The lowest BCUT2D eigenvalue weighted by molar-refractivity contribution is 0.0544. The van der Waals surface area contributed by atoms with E-state index >= 15 is 0 Å². The van der Waals surface area contributed by atoms with Crippen LogP contribution in [0.15, 0.2) is 18.3 Å². The van der Waals surface area contributed by atoms with E-state index in [4.69, 9.17) is 4.74 Å². The number of ether oxygens (including phenoxy) is 1. The van der Waals surface area contributed by atoms with Gasteiger partial charge in [-0.2, -0.15) is 0 Å². The molecule has 1 N–H and O–H groups in total. The zero-order valence-electron chi connectivity index (χ0n) is 11.9. The van der Waals surface area contributed by atoms with Crippen LogP contribution in [-0.2, 0) is 4.74 Å². The van der Waals surface area contributed by atoms with Crippen molar-refractivity contribution < 1.29 is 14.6 Å². The zero-order valence-corrected chi connectivity index (χ0v) is 11.9. The highest BCUT2D eigenvalue weighted by molar-refractivity contribution is 5.94. The number of aryl methyl sites for hydroxylation is 2. The van der Waals surface area contributed by atoms with Crippen LogP contribution in [0.3, 0.4) is 0 Å². The van der Waals surface area contributed by atoms with Crippen LogP contribution in [0.5, 0.6) is 5.75 Å². The Morgan fingerprint density at radius 1 is 1.32 bits per heavy atom. The van der Waals surface area contributed by atoms with Gasteiger partial charge in [0, 0.05) is 17.1 Å². The molecule has 19 heavy (non-hydrogen) atoms. The van der Waals surface area contributed by atoms with Gasteiger partial charge in [-0.1, -0.05) is 0 Å². The predicted octanol–water partition coefficient (Wildman–Crippen LogP) is 3.75. The highest BCUT2D eigenvalue weighted by atomic mass is 16.6. The average Bonchev–Trinajstić information content (AvgIpc) is 2.68. The van der Waals surface area contributed by atoms with Crippen molar-refractivity contribution in [2.24, 2.45) is 0 Å². The highest BCUT2D eigenvalue weighted by Crippen LogP contribution is 2.30. The second kappa shape index (κ2) is 4.30. The maximum Gasteiger partial charge on any atom is 0.419 e. The maximum atomic E-state index is 12.2. The monoisotopic (exact) mass is 261 g/mol. The van der Waals surface area contributed by atoms with Crippen molar-refractivity contribution in [2.45, 2.75) is 40.2 Å². The molecule has 0 radical (unpaired) electrons. The molecule has 0 aliphatic carbocycles. The van der Waals surface area contributed by atoms with Crippen LogP contribution >= 0.6 is 0 Å². The number of fused-ring (bicyclic) bond motifs is 1. The quantitative estimate of drug-likeness (QED) is 0.785. The van der Waals surface area contributed by atoms with Gasteiger partial charge in [-0.25, -0.2) is 4.79 Å². The van der Waals surface area contributed by atoms with Crippen molar-refractivity contribution in [1.82, 2.24) is 4.57 Å². The first kappa shape index (κ1) is 13.5. The number of benzene rings is 1. The van der Waals surface area contributed by atoms with Gasteiger partial charge in [-0.05, 0) is 52.3 Å². The Morgan fingerprint density at radius 3 is 2.53 bits per heavy atom. The van der Waals surface area contributed by atoms with Crippen LogP contribution in [-0.4, -0.2) is 21.4 Å². The van der Waals surface area contributed by atoms with Gasteiger partial charge >= 0.3 is 6.09 Å². The summed E-state index contributed by atoms with van der Waals surface area (Å²) in [5, 5.41) is 10.7. The normalized spacial score (nSPS) is 11.8. The first-order valence-corrected chi connectivity index (χ1v) is 6.24. The SMILES string of the molecule is Cc1c(O)cc(C)c2c1ccn2C(=O)OC(C)(C)C. The number of hydrogen-bond acceptors (Lipinski definition) is 3. The molecular formula is C15H19NO3. The molecular weight excluding hydrogens is 242 g/mol. The number of phenolic OH excluding ortho intramolecular Hbond substituents is 1. The van der Waals surface area contributed by atoms with Crippen molar-refractivity contribution in [2.75, 3.05) is 0 Å². The number of aromatic nitrogens is 1. The molecule has 0 fully saturated rings. The van der Waals surface area contributed by atoms with Crippen molar-refractivity contribution in [3.63, 3.8) is 0 Å². The third kappa shape index (κ3) is 2.43. The summed E-state index contributed by atoms with van der Waals surface area (Å²) in [4.78, 5) is 12.2. The summed E-state index contributed by atoms with van der Waals surface area (Å²) in [5.41, 5.74) is 1.86. The maximum absolute atomic E-state index is 12.2. The summed E-state index contributed by atoms with van der Waals surface area (Å²) >= 11 is 0. The van der Waals surface area contributed by atoms with E-state index in [-0.39, 0.29) is 5.75 Å². The summed E-state index contributed by atoms with van der Waals surface area (Å²) in [6, 6.07) is 3.49. The summed E-state index contributed by atoms with van der Waals surface area (Å²) in [7, 11) is 0. The first-order valence-electron chi connectivity index (χ1n) is 6.24. The van der Waals surface area contributed by atoms with Crippen LogP contribution in [0.25, 0.3) is 10.9 Å². The molecule has 2 rings (SSSR count). The molecule has 102 valence electrons. The molecule has 2 aromatic rings. The Kier molecular flexibility index (Phi) is 3.04. The number of hydrogen-bond donors (Lipinski definition) is 1. The molecule has 0 saturated heterocycles. The van der Waals surface area contributed by atoms with E-state index in [1.54, 1.807) is 12.3 Å². The molecule has 0 amide bonds. The van der Waals surface area contributed by atoms with Gasteiger partial charge < -0.3 is 9.84 Å². The fraction of sp³-hybridized carbons (Fsp3) is 0.400. The lowest BCUT2D eigenvalue weighted by Crippen LogP contribution is -2.26.